The largest absolute Gasteiger partial charge is 0.462 e. The van der Waals surface area contributed by atoms with E-state index in [2.05, 4.69) is 21.3 Å². The fraction of sp³-hybridized carbons (Fsp3) is 0.231. The minimum absolute atomic E-state index is 0.00910. The SMILES string of the molecule is Cc1cccc(NC(=O)NC(Oc2ccccc2OC(NC(=O)Nc2cccc(C)c2)C(Cl)(Cl)Cl)C(Cl)(Cl)Cl)c1. The van der Waals surface area contributed by atoms with E-state index < -0.39 is 32.1 Å². The molecule has 214 valence electrons. The Morgan fingerprint density at radius 2 is 1.00 bits per heavy atom. The summed E-state index contributed by atoms with van der Waals surface area (Å²) in [6, 6.07) is 19.0. The zero-order valence-corrected chi connectivity index (χ0v) is 25.5. The van der Waals surface area contributed by atoms with Crippen molar-refractivity contribution in [2.45, 2.75) is 33.9 Å². The Hall–Kier alpha value is -2.46. The fourth-order valence-electron chi connectivity index (χ4n) is 3.27. The van der Waals surface area contributed by atoms with Crippen molar-refractivity contribution in [3.05, 3.63) is 83.9 Å². The number of halogens is 6. The number of aryl methyl sites for hydroxylation is 2. The highest BCUT2D eigenvalue weighted by atomic mass is 35.6. The lowest BCUT2D eigenvalue weighted by Gasteiger charge is -2.29. The van der Waals surface area contributed by atoms with Crippen LogP contribution in [0.3, 0.4) is 0 Å². The number of hydrogen-bond donors (Lipinski definition) is 4. The summed E-state index contributed by atoms with van der Waals surface area (Å²) in [5.41, 5.74) is 2.90. The number of ether oxygens (including phenoxy) is 2. The summed E-state index contributed by atoms with van der Waals surface area (Å²) >= 11 is 36.6. The van der Waals surface area contributed by atoms with Crippen LogP contribution in [-0.4, -0.2) is 32.1 Å². The number of hydrogen-bond acceptors (Lipinski definition) is 4. The molecule has 3 rings (SSSR count). The van der Waals surface area contributed by atoms with Gasteiger partial charge in [0.05, 0.1) is 0 Å². The van der Waals surface area contributed by atoms with Crippen molar-refractivity contribution in [2.75, 3.05) is 10.6 Å². The van der Waals surface area contributed by atoms with Gasteiger partial charge in [0.25, 0.3) is 0 Å². The molecule has 14 heteroatoms. The average Bonchev–Trinajstić information content (AvgIpc) is 2.83. The number of nitrogens with one attached hydrogen (secondary N) is 4. The molecule has 0 radical (unpaired) electrons. The molecule has 0 saturated carbocycles. The van der Waals surface area contributed by atoms with Crippen LogP contribution in [0.15, 0.2) is 72.8 Å². The lowest BCUT2D eigenvalue weighted by Crippen LogP contribution is -2.50. The molecule has 8 nitrogen and oxygen atoms in total. The summed E-state index contributed by atoms with van der Waals surface area (Å²) in [4.78, 5) is 25.3. The Morgan fingerprint density at radius 1 is 0.625 bits per heavy atom. The number of alkyl halides is 6. The van der Waals surface area contributed by atoms with Crippen LogP contribution in [0.25, 0.3) is 0 Å². The molecule has 0 aliphatic carbocycles. The average molecular weight is 669 g/mol. The van der Waals surface area contributed by atoms with Gasteiger partial charge in [-0.25, -0.2) is 9.59 Å². The van der Waals surface area contributed by atoms with Gasteiger partial charge in [-0.2, -0.15) is 0 Å². The first-order valence-electron chi connectivity index (χ1n) is 11.5. The molecule has 40 heavy (non-hydrogen) atoms. The number of amides is 4. The van der Waals surface area contributed by atoms with Crippen molar-refractivity contribution >= 4 is 93.0 Å². The number of carbonyl (C=O) groups excluding carboxylic acids is 2. The van der Waals surface area contributed by atoms with Gasteiger partial charge in [0.1, 0.15) is 0 Å². The van der Waals surface area contributed by atoms with E-state index in [4.69, 9.17) is 79.1 Å². The molecule has 0 aliphatic heterocycles. The molecule has 3 aromatic rings. The van der Waals surface area contributed by atoms with Crippen LogP contribution in [0.4, 0.5) is 21.0 Å². The summed E-state index contributed by atoms with van der Waals surface area (Å²) in [5.74, 6) is 0.0182. The molecular weight excluding hydrogens is 645 g/mol. The molecule has 2 unspecified atom stereocenters. The van der Waals surface area contributed by atoms with Gasteiger partial charge >= 0.3 is 12.1 Å². The van der Waals surface area contributed by atoms with E-state index in [0.29, 0.717) is 11.4 Å². The molecule has 4 N–H and O–H groups in total. The number of anilines is 2. The lowest BCUT2D eigenvalue weighted by atomic mass is 10.2. The molecule has 0 aliphatic rings. The number of benzene rings is 3. The van der Waals surface area contributed by atoms with Crippen molar-refractivity contribution < 1.29 is 19.1 Å². The quantitative estimate of drug-likeness (QED) is 0.144. The van der Waals surface area contributed by atoms with Crippen molar-refractivity contribution in [1.29, 1.82) is 0 Å². The summed E-state index contributed by atoms with van der Waals surface area (Å²) in [7, 11) is 0. The molecule has 0 saturated heterocycles. The summed E-state index contributed by atoms with van der Waals surface area (Å²) < 4.78 is 7.41. The molecule has 4 amide bonds. The summed E-state index contributed by atoms with van der Waals surface area (Å²) in [6.45, 7) is 3.75. The van der Waals surface area contributed by atoms with E-state index in [1.807, 2.05) is 26.0 Å². The fourth-order valence-corrected chi connectivity index (χ4v) is 3.87. The molecule has 0 fully saturated rings. The third kappa shape index (κ3) is 10.2. The Kier molecular flexibility index (Phi) is 11.2. The van der Waals surface area contributed by atoms with Crippen LogP contribution in [0.2, 0.25) is 0 Å². The van der Waals surface area contributed by atoms with Gasteiger partial charge in [0, 0.05) is 11.4 Å². The highest BCUT2D eigenvalue weighted by molar-refractivity contribution is 6.68. The standard InChI is InChI=1S/C26H24Cl6N4O4/c1-15-7-5-9-17(13-15)33-23(37)35-21(25(27,28)29)39-19-11-3-4-12-20(19)40-22(26(30,31)32)36-24(38)34-18-10-6-8-16(2)14-18/h3-14,21-22H,1-2H3,(H2,33,35,37)(H2,34,36,38). The molecule has 0 bridgehead atoms. The Labute approximate surface area is 261 Å². The first-order valence-corrected chi connectivity index (χ1v) is 13.8. The third-order valence-electron chi connectivity index (χ3n) is 5.01. The Bertz CT molecular complexity index is 1230. The van der Waals surface area contributed by atoms with Crippen LogP contribution < -0.4 is 30.7 Å². The summed E-state index contributed by atoms with van der Waals surface area (Å²) in [5, 5.41) is 10.2. The Balaban J connectivity index is 1.76. The van der Waals surface area contributed by atoms with Gasteiger partial charge in [-0.3, -0.25) is 10.6 Å². The minimum Gasteiger partial charge on any atom is -0.462 e. The van der Waals surface area contributed by atoms with E-state index >= 15 is 0 Å². The predicted octanol–water partition coefficient (Wildman–Crippen LogP) is 8.10. The van der Waals surface area contributed by atoms with E-state index in [-0.39, 0.29) is 11.5 Å². The zero-order valence-electron chi connectivity index (χ0n) is 21.0. The van der Waals surface area contributed by atoms with Crippen molar-refractivity contribution in [1.82, 2.24) is 10.6 Å². The smallest absolute Gasteiger partial charge is 0.322 e. The van der Waals surface area contributed by atoms with Crippen molar-refractivity contribution in [3.8, 4) is 11.5 Å². The molecular formula is C26H24Cl6N4O4. The first-order chi connectivity index (χ1) is 18.7. The summed E-state index contributed by atoms with van der Waals surface area (Å²) in [6.07, 6.45) is -2.98. The Morgan fingerprint density at radius 3 is 1.32 bits per heavy atom. The monoisotopic (exact) mass is 666 g/mol. The number of rotatable bonds is 8. The molecule has 0 aromatic heterocycles. The van der Waals surface area contributed by atoms with E-state index in [1.165, 1.54) is 12.1 Å². The predicted molar refractivity (Wildman–Crippen MR) is 163 cm³/mol. The maximum atomic E-state index is 12.6. The second-order valence-corrected chi connectivity index (χ2v) is 13.2. The topological polar surface area (TPSA) is 101 Å². The highest BCUT2D eigenvalue weighted by Gasteiger charge is 2.39. The number of urea groups is 2. The maximum Gasteiger partial charge on any atom is 0.322 e. The van der Waals surface area contributed by atoms with Gasteiger partial charge in [-0.1, -0.05) is 106 Å². The highest BCUT2D eigenvalue weighted by Crippen LogP contribution is 2.38. The normalized spacial score (nSPS) is 13.0. The van der Waals surface area contributed by atoms with Crippen LogP contribution in [0.5, 0.6) is 11.5 Å². The van der Waals surface area contributed by atoms with E-state index in [0.717, 1.165) is 11.1 Å². The van der Waals surface area contributed by atoms with Crippen LogP contribution in [0, 0.1) is 13.8 Å². The minimum atomic E-state index is -2.11. The zero-order chi connectivity index (χ0) is 29.5. The first kappa shape index (κ1) is 32.1. The maximum absolute atomic E-state index is 12.6. The molecule has 2 atom stereocenters. The van der Waals surface area contributed by atoms with Crippen LogP contribution in [0.1, 0.15) is 11.1 Å². The second-order valence-electron chi connectivity index (χ2n) is 8.46. The number of carbonyl (C=O) groups is 2. The van der Waals surface area contributed by atoms with Gasteiger partial charge in [0.2, 0.25) is 20.0 Å². The second kappa shape index (κ2) is 13.9. The molecule has 3 aromatic carbocycles. The van der Waals surface area contributed by atoms with E-state index in [1.54, 1.807) is 48.5 Å². The number of para-hydroxylation sites is 2. The van der Waals surface area contributed by atoms with Gasteiger partial charge in [-0.15, -0.1) is 0 Å². The lowest BCUT2D eigenvalue weighted by molar-refractivity contribution is 0.140. The van der Waals surface area contributed by atoms with Gasteiger partial charge < -0.3 is 20.1 Å². The van der Waals surface area contributed by atoms with Gasteiger partial charge in [0.15, 0.2) is 11.5 Å². The molecule has 0 spiro atoms. The molecule has 0 heterocycles. The van der Waals surface area contributed by atoms with Crippen molar-refractivity contribution in [3.63, 3.8) is 0 Å². The van der Waals surface area contributed by atoms with E-state index in [9.17, 15) is 9.59 Å². The van der Waals surface area contributed by atoms with Crippen LogP contribution >= 0.6 is 69.6 Å². The van der Waals surface area contributed by atoms with Crippen LogP contribution in [-0.2, 0) is 0 Å². The third-order valence-corrected chi connectivity index (χ3v) is 6.20. The van der Waals surface area contributed by atoms with Gasteiger partial charge in [-0.05, 0) is 61.4 Å². The van der Waals surface area contributed by atoms with Crippen molar-refractivity contribution in [2.24, 2.45) is 0 Å².